The van der Waals surface area contributed by atoms with Crippen LogP contribution >= 0.6 is 0 Å². The molecule has 5 nitrogen and oxygen atoms in total. The van der Waals surface area contributed by atoms with E-state index in [-0.39, 0.29) is 12.6 Å². The second kappa shape index (κ2) is 6.68. The summed E-state index contributed by atoms with van der Waals surface area (Å²) in [6.45, 7) is 6.50. The molecule has 0 aromatic carbocycles. The minimum atomic E-state index is -3.25. The van der Waals surface area contributed by atoms with E-state index >= 15 is 0 Å². The third-order valence-electron chi connectivity index (χ3n) is 3.46. The van der Waals surface area contributed by atoms with E-state index in [0.717, 1.165) is 13.1 Å². The van der Waals surface area contributed by atoms with Crippen molar-refractivity contribution in [3.8, 4) is 0 Å². The molecule has 2 unspecified atom stereocenters. The lowest BCUT2D eigenvalue weighted by Gasteiger charge is -2.32. The van der Waals surface area contributed by atoms with Crippen LogP contribution in [0.5, 0.6) is 0 Å². The summed E-state index contributed by atoms with van der Waals surface area (Å²) in [5, 5.41) is -0.518. The SMILES string of the molecule is CC(CNS(=O)(=O)C(C)CN)N1CCCCC1. The van der Waals surface area contributed by atoms with E-state index in [1.54, 1.807) is 6.92 Å². The second-order valence-electron chi connectivity index (χ2n) is 4.89. The normalized spacial score (nSPS) is 22.3. The Morgan fingerprint density at radius 3 is 2.35 bits per heavy atom. The van der Waals surface area contributed by atoms with Gasteiger partial charge in [0, 0.05) is 19.1 Å². The largest absolute Gasteiger partial charge is 0.329 e. The maximum absolute atomic E-state index is 11.7. The van der Waals surface area contributed by atoms with Crippen molar-refractivity contribution in [2.24, 2.45) is 5.73 Å². The van der Waals surface area contributed by atoms with Crippen LogP contribution in [-0.2, 0) is 10.0 Å². The van der Waals surface area contributed by atoms with Gasteiger partial charge in [0.15, 0.2) is 0 Å². The van der Waals surface area contributed by atoms with E-state index in [9.17, 15) is 8.42 Å². The maximum Gasteiger partial charge on any atom is 0.215 e. The van der Waals surface area contributed by atoms with Crippen LogP contribution in [0.4, 0.5) is 0 Å². The van der Waals surface area contributed by atoms with Gasteiger partial charge in [-0.1, -0.05) is 6.42 Å². The minimum Gasteiger partial charge on any atom is -0.329 e. The van der Waals surface area contributed by atoms with E-state index in [0.29, 0.717) is 6.54 Å². The van der Waals surface area contributed by atoms with Crippen LogP contribution in [0, 0.1) is 0 Å². The van der Waals surface area contributed by atoms with Gasteiger partial charge >= 0.3 is 0 Å². The Morgan fingerprint density at radius 1 is 1.24 bits per heavy atom. The van der Waals surface area contributed by atoms with Crippen LogP contribution in [0.3, 0.4) is 0 Å². The van der Waals surface area contributed by atoms with Crippen LogP contribution in [0.15, 0.2) is 0 Å². The second-order valence-corrected chi connectivity index (χ2v) is 7.07. The van der Waals surface area contributed by atoms with Crippen molar-refractivity contribution in [3.63, 3.8) is 0 Å². The third kappa shape index (κ3) is 4.54. The Labute approximate surface area is 105 Å². The van der Waals surface area contributed by atoms with Crippen molar-refractivity contribution in [2.75, 3.05) is 26.2 Å². The van der Waals surface area contributed by atoms with Gasteiger partial charge in [0.25, 0.3) is 0 Å². The van der Waals surface area contributed by atoms with Crippen molar-refractivity contribution in [1.82, 2.24) is 9.62 Å². The molecule has 17 heavy (non-hydrogen) atoms. The molecule has 0 aromatic rings. The molecule has 3 N–H and O–H groups in total. The Morgan fingerprint density at radius 2 is 1.82 bits per heavy atom. The van der Waals surface area contributed by atoms with E-state index in [1.165, 1.54) is 19.3 Å². The lowest BCUT2D eigenvalue weighted by atomic mass is 10.1. The van der Waals surface area contributed by atoms with Gasteiger partial charge in [-0.2, -0.15) is 0 Å². The van der Waals surface area contributed by atoms with E-state index in [2.05, 4.69) is 16.5 Å². The number of likely N-dealkylation sites (tertiary alicyclic amines) is 1. The molecule has 0 spiro atoms. The zero-order valence-corrected chi connectivity index (χ0v) is 11.7. The number of rotatable bonds is 6. The molecule has 1 aliphatic rings. The Balaban J connectivity index is 2.39. The summed E-state index contributed by atoms with van der Waals surface area (Å²) >= 11 is 0. The average Bonchev–Trinajstić information content (AvgIpc) is 2.36. The molecule has 1 fully saturated rings. The monoisotopic (exact) mass is 263 g/mol. The number of hydrogen-bond acceptors (Lipinski definition) is 4. The molecule has 1 saturated heterocycles. The fraction of sp³-hybridized carbons (Fsp3) is 1.00. The Hall–Kier alpha value is -0.170. The molecule has 102 valence electrons. The van der Waals surface area contributed by atoms with Crippen LogP contribution in [0.2, 0.25) is 0 Å². The lowest BCUT2D eigenvalue weighted by Crippen LogP contribution is -2.46. The molecule has 0 saturated carbocycles. The minimum absolute atomic E-state index is 0.160. The summed E-state index contributed by atoms with van der Waals surface area (Å²) in [5.41, 5.74) is 5.38. The van der Waals surface area contributed by atoms with Crippen molar-refractivity contribution in [2.45, 2.75) is 44.4 Å². The van der Waals surface area contributed by atoms with Gasteiger partial charge in [-0.3, -0.25) is 4.90 Å². The highest BCUT2D eigenvalue weighted by molar-refractivity contribution is 7.90. The molecule has 1 heterocycles. The summed E-state index contributed by atoms with van der Waals surface area (Å²) in [6, 6.07) is 0.259. The van der Waals surface area contributed by atoms with Crippen LogP contribution in [0.25, 0.3) is 0 Å². The molecular formula is C11H25N3O2S. The zero-order chi connectivity index (χ0) is 12.9. The average molecular weight is 263 g/mol. The standard InChI is InChI=1S/C11H25N3O2S/c1-10(14-6-4-3-5-7-14)9-13-17(15,16)11(2)8-12/h10-11,13H,3-9,12H2,1-2H3. The smallest absolute Gasteiger partial charge is 0.215 e. The van der Waals surface area contributed by atoms with Gasteiger partial charge in [0.2, 0.25) is 10.0 Å². The first-order valence-corrected chi connectivity index (χ1v) is 7.94. The first-order valence-electron chi connectivity index (χ1n) is 6.40. The van der Waals surface area contributed by atoms with Gasteiger partial charge in [-0.05, 0) is 39.8 Å². The van der Waals surface area contributed by atoms with Gasteiger partial charge in [-0.15, -0.1) is 0 Å². The quantitative estimate of drug-likeness (QED) is 0.714. The molecule has 0 amide bonds. The molecule has 6 heteroatoms. The number of sulfonamides is 1. The molecule has 1 rings (SSSR count). The molecule has 2 atom stereocenters. The van der Waals surface area contributed by atoms with Gasteiger partial charge in [0.1, 0.15) is 0 Å². The summed E-state index contributed by atoms with van der Waals surface area (Å²) in [7, 11) is -3.25. The highest BCUT2D eigenvalue weighted by Gasteiger charge is 2.22. The van der Waals surface area contributed by atoms with Crippen LogP contribution in [-0.4, -0.2) is 50.8 Å². The van der Waals surface area contributed by atoms with Gasteiger partial charge in [0.05, 0.1) is 5.25 Å². The Bertz CT molecular complexity index is 313. The fourth-order valence-corrected chi connectivity index (χ4v) is 3.01. The summed E-state index contributed by atoms with van der Waals surface area (Å²) < 4.78 is 26.1. The Kier molecular flexibility index (Phi) is 5.85. The molecular weight excluding hydrogens is 238 g/mol. The topological polar surface area (TPSA) is 75.4 Å². The molecule has 0 aromatic heterocycles. The number of piperidine rings is 1. The maximum atomic E-state index is 11.7. The highest BCUT2D eigenvalue weighted by Crippen LogP contribution is 2.11. The zero-order valence-electron chi connectivity index (χ0n) is 10.9. The van der Waals surface area contributed by atoms with Crippen molar-refractivity contribution in [1.29, 1.82) is 0 Å². The summed E-state index contributed by atoms with van der Waals surface area (Å²) in [4.78, 5) is 2.35. The van der Waals surface area contributed by atoms with E-state index in [1.807, 2.05) is 0 Å². The van der Waals surface area contributed by atoms with Crippen molar-refractivity contribution < 1.29 is 8.42 Å². The number of hydrogen-bond donors (Lipinski definition) is 2. The number of nitrogens with one attached hydrogen (secondary N) is 1. The number of nitrogens with two attached hydrogens (primary N) is 1. The number of nitrogens with zero attached hydrogens (tertiary/aromatic N) is 1. The van der Waals surface area contributed by atoms with Crippen LogP contribution < -0.4 is 10.5 Å². The third-order valence-corrected chi connectivity index (χ3v) is 5.28. The molecule has 0 aliphatic carbocycles. The van der Waals surface area contributed by atoms with Crippen molar-refractivity contribution in [3.05, 3.63) is 0 Å². The predicted molar refractivity (Wildman–Crippen MR) is 70.3 cm³/mol. The first kappa shape index (κ1) is 14.9. The van der Waals surface area contributed by atoms with Crippen molar-refractivity contribution >= 4 is 10.0 Å². The predicted octanol–water partition coefficient (Wildman–Crippen LogP) is 0.127. The fourth-order valence-electron chi connectivity index (χ4n) is 1.99. The molecule has 0 bridgehead atoms. The van der Waals surface area contributed by atoms with E-state index < -0.39 is 15.3 Å². The van der Waals surface area contributed by atoms with Gasteiger partial charge < -0.3 is 5.73 Å². The molecule has 0 radical (unpaired) electrons. The molecule has 1 aliphatic heterocycles. The summed E-state index contributed by atoms with van der Waals surface area (Å²) in [5.74, 6) is 0. The van der Waals surface area contributed by atoms with Gasteiger partial charge in [-0.25, -0.2) is 13.1 Å². The highest BCUT2D eigenvalue weighted by atomic mass is 32.2. The lowest BCUT2D eigenvalue weighted by molar-refractivity contribution is 0.175. The van der Waals surface area contributed by atoms with Crippen LogP contribution in [0.1, 0.15) is 33.1 Å². The summed E-state index contributed by atoms with van der Waals surface area (Å²) in [6.07, 6.45) is 3.73. The first-order chi connectivity index (χ1) is 7.97. The van der Waals surface area contributed by atoms with E-state index in [4.69, 9.17) is 5.73 Å².